The second kappa shape index (κ2) is 5.91. The van der Waals surface area contributed by atoms with Gasteiger partial charge in [0, 0.05) is 25.7 Å². The molecule has 1 aliphatic heterocycles. The number of fused-ring (bicyclic) bond motifs is 1. The summed E-state index contributed by atoms with van der Waals surface area (Å²) in [6.07, 6.45) is -2.46. The van der Waals surface area contributed by atoms with Crippen LogP contribution in [0.1, 0.15) is 17.9 Å². The fourth-order valence-electron chi connectivity index (χ4n) is 2.53. The SMILES string of the molecule is O=S(=O)(NC[C@@H]1CCc2nc(C(F)(F)F)cn2C1)c1cccs1. The molecule has 126 valence electrons. The number of aromatic nitrogens is 2. The van der Waals surface area contributed by atoms with Gasteiger partial charge in [0.1, 0.15) is 10.0 Å². The van der Waals surface area contributed by atoms with E-state index in [-0.39, 0.29) is 16.7 Å². The summed E-state index contributed by atoms with van der Waals surface area (Å²) in [5.74, 6) is 0.335. The van der Waals surface area contributed by atoms with Gasteiger partial charge >= 0.3 is 6.18 Å². The Labute approximate surface area is 135 Å². The van der Waals surface area contributed by atoms with E-state index in [1.807, 2.05) is 0 Å². The van der Waals surface area contributed by atoms with Gasteiger partial charge in [-0.3, -0.25) is 0 Å². The van der Waals surface area contributed by atoms with Crippen LogP contribution in [0.25, 0.3) is 0 Å². The summed E-state index contributed by atoms with van der Waals surface area (Å²) in [5, 5.41) is 1.67. The second-order valence-corrected chi connectivity index (χ2v) is 8.32. The summed E-state index contributed by atoms with van der Waals surface area (Å²) in [6.45, 7) is 0.518. The summed E-state index contributed by atoms with van der Waals surface area (Å²) < 4.78 is 66.3. The number of hydrogen-bond acceptors (Lipinski definition) is 4. The highest BCUT2D eigenvalue weighted by atomic mass is 32.2. The molecule has 1 atom stereocenters. The average Bonchev–Trinajstić information content (AvgIpc) is 3.13. The Bertz CT molecular complexity index is 782. The minimum absolute atomic E-state index is 0.0625. The lowest BCUT2D eigenvalue weighted by Gasteiger charge is -2.23. The molecule has 1 N–H and O–H groups in total. The number of aryl methyl sites for hydroxylation is 1. The number of nitrogens with zero attached hydrogens (tertiary/aromatic N) is 2. The molecule has 0 aromatic carbocycles. The lowest BCUT2D eigenvalue weighted by molar-refractivity contribution is -0.141. The van der Waals surface area contributed by atoms with E-state index in [1.165, 1.54) is 10.6 Å². The van der Waals surface area contributed by atoms with Crippen molar-refractivity contribution in [1.82, 2.24) is 14.3 Å². The van der Waals surface area contributed by atoms with Gasteiger partial charge in [0.15, 0.2) is 5.69 Å². The fraction of sp³-hybridized carbons (Fsp3) is 0.462. The predicted molar refractivity (Wildman–Crippen MR) is 78.5 cm³/mol. The van der Waals surface area contributed by atoms with Crippen LogP contribution in [0.3, 0.4) is 0 Å². The second-order valence-electron chi connectivity index (χ2n) is 5.38. The lowest BCUT2D eigenvalue weighted by Crippen LogP contribution is -2.33. The molecule has 0 bridgehead atoms. The first-order valence-electron chi connectivity index (χ1n) is 6.92. The van der Waals surface area contributed by atoms with Gasteiger partial charge in [-0.2, -0.15) is 13.2 Å². The van der Waals surface area contributed by atoms with Gasteiger partial charge in [-0.25, -0.2) is 18.1 Å². The maximum atomic E-state index is 12.7. The van der Waals surface area contributed by atoms with Crippen molar-refractivity contribution < 1.29 is 21.6 Å². The molecule has 2 aromatic heterocycles. The minimum Gasteiger partial charge on any atom is -0.334 e. The molecule has 0 radical (unpaired) electrons. The van der Waals surface area contributed by atoms with Gasteiger partial charge in [0.2, 0.25) is 10.0 Å². The Morgan fingerprint density at radius 2 is 2.22 bits per heavy atom. The number of nitrogens with one attached hydrogen (secondary N) is 1. The molecule has 3 heterocycles. The smallest absolute Gasteiger partial charge is 0.334 e. The normalized spacial score (nSPS) is 18.8. The van der Waals surface area contributed by atoms with Crippen molar-refractivity contribution >= 4 is 21.4 Å². The van der Waals surface area contributed by atoms with Gasteiger partial charge in [-0.05, 0) is 23.8 Å². The molecule has 0 aliphatic carbocycles. The summed E-state index contributed by atoms with van der Waals surface area (Å²) >= 11 is 1.12. The molecule has 0 saturated carbocycles. The molecule has 5 nitrogen and oxygen atoms in total. The molecule has 3 rings (SSSR count). The number of imidazole rings is 1. The van der Waals surface area contributed by atoms with Crippen molar-refractivity contribution in [2.24, 2.45) is 5.92 Å². The predicted octanol–water partition coefficient (Wildman–Crippen LogP) is 2.50. The largest absolute Gasteiger partial charge is 0.434 e. The molecule has 2 aromatic rings. The molecule has 1 aliphatic rings. The molecular weight excluding hydrogens is 351 g/mol. The first-order valence-corrected chi connectivity index (χ1v) is 9.28. The Morgan fingerprint density at radius 3 is 2.87 bits per heavy atom. The third-order valence-corrected chi connectivity index (χ3v) is 6.52. The van der Waals surface area contributed by atoms with Gasteiger partial charge in [0.05, 0.1) is 0 Å². The zero-order chi connectivity index (χ0) is 16.7. The van der Waals surface area contributed by atoms with Crippen molar-refractivity contribution in [2.45, 2.75) is 29.8 Å². The standard InChI is InChI=1S/C13H14F3N3O2S2/c14-13(15,16)10-8-19-7-9(3-4-11(19)18-10)6-17-23(20,21)12-2-1-5-22-12/h1-2,5,8-9,17H,3-4,6-7H2/t9-/m0/s1. The van der Waals surface area contributed by atoms with Crippen LogP contribution in [0.4, 0.5) is 13.2 Å². The summed E-state index contributed by atoms with van der Waals surface area (Å²) in [5.41, 5.74) is -0.896. The van der Waals surface area contributed by atoms with E-state index in [9.17, 15) is 21.6 Å². The third-order valence-electron chi connectivity index (χ3n) is 3.70. The number of thiophene rings is 1. The first kappa shape index (κ1) is 16.5. The number of halogens is 3. The Kier molecular flexibility index (Phi) is 4.23. The van der Waals surface area contributed by atoms with Crippen molar-refractivity contribution in [3.63, 3.8) is 0 Å². The first-order chi connectivity index (χ1) is 10.8. The van der Waals surface area contributed by atoms with Gasteiger partial charge in [-0.15, -0.1) is 11.3 Å². The van der Waals surface area contributed by atoms with Crippen LogP contribution in [-0.2, 0) is 29.2 Å². The highest BCUT2D eigenvalue weighted by molar-refractivity contribution is 7.91. The van der Waals surface area contributed by atoms with E-state index < -0.39 is 21.9 Å². The van der Waals surface area contributed by atoms with E-state index in [0.717, 1.165) is 17.5 Å². The van der Waals surface area contributed by atoms with Crippen molar-refractivity contribution in [1.29, 1.82) is 0 Å². The summed E-state index contributed by atoms with van der Waals surface area (Å²) in [6, 6.07) is 3.16. The average molecular weight is 365 g/mol. The van der Waals surface area contributed by atoms with Crippen LogP contribution in [0.5, 0.6) is 0 Å². The van der Waals surface area contributed by atoms with Crippen molar-refractivity contribution in [2.75, 3.05) is 6.54 Å². The number of sulfonamides is 1. The van der Waals surface area contributed by atoms with Gasteiger partial charge < -0.3 is 4.57 Å². The van der Waals surface area contributed by atoms with Crippen molar-refractivity contribution in [3.05, 3.63) is 35.2 Å². The van der Waals surface area contributed by atoms with Crippen LogP contribution in [0.15, 0.2) is 27.9 Å². The van der Waals surface area contributed by atoms with Crippen LogP contribution >= 0.6 is 11.3 Å². The molecule has 0 amide bonds. The molecular formula is C13H14F3N3O2S2. The third kappa shape index (κ3) is 3.59. The minimum atomic E-state index is -4.46. The fourth-order valence-corrected chi connectivity index (χ4v) is 4.69. The monoisotopic (exact) mass is 365 g/mol. The highest BCUT2D eigenvalue weighted by Gasteiger charge is 2.35. The maximum absolute atomic E-state index is 12.7. The molecule has 23 heavy (non-hydrogen) atoms. The zero-order valence-corrected chi connectivity index (χ0v) is 13.5. The number of alkyl halides is 3. The Balaban J connectivity index is 1.65. The maximum Gasteiger partial charge on any atom is 0.434 e. The molecule has 0 unspecified atom stereocenters. The van der Waals surface area contributed by atoms with Gasteiger partial charge in [-0.1, -0.05) is 6.07 Å². The molecule has 0 spiro atoms. The summed E-state index contributed by atoms with van der Waals surface area (Å²) in [7, 11) is -3.55. The van der Waals surface area contributed by atoms with E-state index in [0.29, 0.717) is 25.2 Å². The van der Waals surface area contributed by atoms with Crippen LogP contribution < -0.4 is 4.72 Å². The highest BCUT2D eigenvalue weighted by Crippen LogP contribution is 2.30. The van der Waals surface area contributed by atoms with Gasteiger partial charge in [0.25, 0.3) is 0 Å². The van der Waals surface area contributed by atoms with Crippen molar-refractivity contribution in [3.8, 4) is 0 Å². The van der Waals surface area contributed by atoms with Crippen LogP contribution in [0.2, 0.25) is 0 Å². The van der Waals surface area contributed by atoms with Crippen LogP contribution in [-0.4, -0.2) is 24.5 Å². The zero-order valence-electron chi connectivity index (χ0n) is 11.9. The van der Waals surface area contributed by atoms with E-state index in [2.05, 4.69) is 9.71 Å². The topological polar surface area (TPSA) is 64.0 Å². The summed E-state index contributed by atoms with van der Waals surface area (Å²) in [4.78, 5) is 3.61. The number of hydrogen-bond donors (Lipinski definition) is 1. The Hall–Kier alpha value is -1.39. The quantitative estimate of drug-likeness (QED) is 0.906. The Morgan fingerprint density at radius 1 is 1.43 bits per heavy atom. The van der Waals surface area contributed by atoms with E-state index in [1.54, 1.807) is 11.4 Å². The van der Waals surface area contributed by atoms with Crippen LogP contribution in [0, 0.1) is 5.92 Å². The van der Waals surface area contributed by atoms with E-state index >= 15 is 0 Å². The molecule has 0 fully saturated rings. The molecule has 0 saturated heterocycles. The lowest BCUT2D eigenvalue weighted by atomic mass is 10.00. The van der Waals surface area contributed by atoms with E-state index in [4.69, 9.17) is 0 Å². The molecule has 10 heteroatoms. The number of rotatable bonds is 4.